The number of rotatable bonds is 3. The van der Waals surface area contributed by atoms with Crippen LogP contribution in [0.25, 0.3) is 11.0 Å². The quantitative estimate of drug-likeness (QED) is 0.634. The van der Waals surface area contributed by atoms with E-state index < -0.39 is 5.41 Å². The molecule has 0 aliphatic carbocycles. The average Bonchev–Trinajstić information content (AvgIpc) is 3.41. The van der Waals surface area contributed by atoms with Gasteiger partial charge in [-0.05, 0) is 31.9 Å². The van der Waals surface area contributed by atoms with Crippen molar-refractivity contribution in [2.45, 2.75) is 38.8 Å². The number of piperidine rings is 1. The first-order chi connectivity index (χ1) is 14.1. The number of oxazole rings is 1. The maximum absolute atomic E-state index is 12.7. The van der Waals surface area contributed by atoms with E-state index in [2.05, 4.69) is 9.97 Å². The zero-order chi connectivity index (χ0) is 20.0. The van der Waals surface area contributed by atoms with Gasteiger partial charge < -0.3 is 18.6 Å². The summed E-state index contributed by atoms with van der Waals surface area (Å²) < 4.78 is 13.0. The summed E-state index contributed by atoms with van der Waals surface area (Å²) in [5, 5.41) is 0. The largest absolute Gasteiger partial charge is 0.460 e. The molecule has 2 aliphatic heterocycles. The molecular weight excluding hydrogens is 372 g/mol. The summed E-state index contributed by atoms with van der Waals surface area (Å²) in [5.41, 5.74) is 2.05. The summed E-state index contributed by atoms with van der Waals surface area (Å²) >= 11 is 0. The van der Waals surface area contributed by atoms with E-state index in [1.54, 1.807) is 18.2 Å². The third kappa shape index (κ3) is 2.99. The number of aryl methyl sites for hydroxylation is 1. The van der Waals surface area contributed by atoms with Crippen LogP contribution in [-0.4, -0.2) is 50.5 Å². The third-order valence-electron chi connectivity index (χ3n) is 6.20. The first-order valence-electron chi connectivity index (χ1n) is 9.86. The number of cyclic esters (lactones) is 1. The van der Waals surface area contributed by atoms with Crippen molar-refractivity contribution in [3.63, 3.8) is 0 Å². The van der Waals surface area contributed by atoms with Gasteiger partial charge in [-0.3, -0.25) is 9.59 Å². The number of esters is 1. The minimum atomic E-state index is -0.506. The summed E-state index contributed by atoms with van der Waals surface area (Å²) in [7, 11) is 0. The number of para-hydroxylation sites is 2. The topological polar surface area (TPSA) is 90.5 Å². The van der Waals surface area contributed by atoms with Crippen molar-refractivity contribution >= 4 is 22.9 Å². The van der Waals surface area contributed by atoms with Gasteiger partial charge in [0, 0.05) is 19.5 Å². The van der Waals surface area contributed by atoms with Crippen LogP contribution in [0.1, 0.15) is 35.5 Å². The lowest BCUT2D eigenvalue weighted by molar-refractivity contribution is -0.150. The van der Waals surface area contributed by atoms with Crippen LogP contribution in [-0.2, 0) is 16.1 Å². The van der Waals surface area contributed by atoms with Crippen LogP contribution < -0.4 is 0 Å². The average molecular weight is 394 g/mol. The van der Waals surface area contributed by atoms with Crippen molar-refractivity contribution in [3.8, 4) is 0 Å². The van der Waals surface area contributed by atoms with Crippen molar-refractivity contribution < 1.29 is 18.7 Å². The number of ether oxygens (including phenoxy) is 1. The molecule has 2 fully saturated rings. The van der Waals surface area contributed by atoms with Crippen LogP contribution in [0.5, 0.6) is 0 Å². The second-order valence-electron chi connectivity index (χ2n) is 7.96. The van der Waals surface area contributed by atoms with Crippen molar-refractivity contribution in [2.24, 2.45) is 5.41 Å². The lowest BCUT2D eigenvalue weighted by Crippen LogP contribution is -2.45. The fourth-order valence-electron chi connectivity index (χ4n) is 4.51. The molecule has 5 rings (SSSR count). The monoisotopic (exact) mass is 394 g/mol. The van der Waals surface area contributed by atoms with Gasteiger partial charge in [0.1, 0.15) is 6.10 Å². The Balaban J connectivity index is 1.26. The number of amides is 1. The number of hydrogen-bond donors (Lipinski definition) is 0. The third-order valence-corrected chi connectivity index (χ3v) is 6.20. The molecule has 0 saturated carbocycles. The molecule has 0 radical (unpaired) electrons. The molecule has 0 N–H and O–H groups in total. The molecule has 8 nitrogen and oxygen atoms in total. The van der Waals surface area contributed by atoms with E-state index in [-0.39, 0.29) is 23.7 Å². The van der Waals surface area contributed by atoms with E-state index in [9.17, 15) is 9.59 Å². The number of nitrogens with zero attached hydrogens (tertiary/aromatic N) is 4. The van der Waals surface area contributed by atoms with Crippen LogP contribution in [0.3, 0.4) is 0 Å². The predicted octanol–water partition coefficient (Wildman–Crippen LogP) is 2.57. The maximum Gasteiger partial charge on any atom is 0.312 e. The molecule has 2 aromatic heterocycles. The minimum absolute atomic E-state index is 0.144. The Labute approximate surface area is 167 Å². The van der Waals surface area contributed by atoms with Crippen molar-refractivity contribution in [1.29, 1.82) is 0 Å². The highest BCUT2D eigenvalue weighted by Crippen LogP contribution is 2.43. The zero-order valence-electron chi connectivity index (χ0n) is 16.2. The molecule has 1 aromatic carbocycles. The Morgan fingerprint density at radius 3 is 2.79 bits per heavy atom. The Kier molecular flexibility index (Phi) is 4.15. The highest BCUT2D eigenvalue weighted by molar-refractivity contribution is 5.92. The number of aromatic nitrogens is 3. The molecule has 1 spiro atoms. The number of fused-ring (bicyclic) bond motifs is 1. The molecule has 1 unspecified atom stereocenters. The molecule has 2 aliphatic rings. The van der Waals surface area contributed by atoms with Gasteiger partial charge >= 0.3 is 5.97 Å². The molecule has 1 atom stereocenters. The molecule has 29 heavy (non-hydrogen) atoms. The predicted molar refractivity (Wildman–Crippen MR) is 103 cm³/mol. The van der Waals surface area contributed by atoms with E-state index in [1.165, 1.54) is 6.39 Å². The summed E-state index contributed by atoms with van der Waals surface area (Å²) in [6.07, 6.45) is 4.77. The smallest absolute Gasteiger partial charge is 0.312 e. The molecular formula is C21H22N4O4. The van der Waals surface area contributed by atoms with Crippen LogP contribution in [0.2, 0.25) is 0 Å². The number of carbonyl (C=O) groups is 2. The molecule has 8 heteroatoms. The van der Waals surface area contributed by atoms with E-state index in [0.717, 1.165) is 11.0 Å². The van der Waals surface area contributed by atoms with Gasteiger partial charge in [0.05, 0.1) is 35.0 Å². The number of imidazole rings is 1. The summed E-state index contributed by atoms with van der Waals surface area (Å²) in [4.78, 5) is 35.5. The fourth-order valence-corrected chi connectivity index (χ4v) is 4.51. The Morgan fingerprint density at radius 2 is 2.03 bits per heavy atom. The van der Waals surface area contributed by atoms with Crippen molar-refractivity contribution in [1.82, 2.24) is 19.4 Å². The lowest BCUT2D eigenvalue weighted by atomic mass is 9.76. The molecule has 4 heterocycles. The minimum Gasteiger partial charge on any atom is -0.460 e. The van der Waals surface area contributed by atoms with Crippen molar-refractivity contribution in [3.05, 3.63) is 48.4 Å². The van der Waals surface area contributed by atoms with Gasteiger partial charge in [0.15, 0.2) is 6.39 Å². The van der Waals surface area contributed by atoms with Gasteiger partial charge in [-0.15, -0.1) is 0 Å². The number of likely N-dealkylation sites (tertiary alicyclic amines) is 1. The number of hydrogen-bond acceptors (Lipinski definition) is 6. The first-order valence-corrected chi connectivity index (χ1v) is 9.86. The highest BCUT2D eigenvalue weighted by Gasteiger charge is 2.51. The Morgan fingerprint density at radius 1 is 1.24 bits per heavy atom. The SMILES string of the molecule is Cc1ncoc1C(=O)N1CCC2(CC1)CC(Cn1cnc3ccccc31)OC2=O. The standard InChI is InChI=1S/C21H22N4O4/c1-14-18(28-13-23-14)19(26)24-8-6-21(7-9-24)10-15(29-20(21)27)11-25-12-22-16-4-2-3-5-17(16)25/h2-5,12-13,15H,6-11H2,1H3. The first kappa shape index (κ1) is 17.9. The summed E-state index contributed by atoms with van der Waals surface area (Å²) in [5.74, 6) is -0.0303. The van der Waals surface area contributed by atoms with Gasteiger partial charge in [0.2, 0.25) is 5.76 Å². The molecule has 150 valence electrons. The van der Waals surface area contributed by atoms with Crippen LogP contribution in [0.15, 0.2) is 41.4 Å². The molecule has 3 aromatic rings. The molecule has 2 saturated heterocycles. The number of carbonyl (C=O) groups excluding carboxylic acids is 2. The van der Waals surface area contributed by atoms with Gasteiger partial charge in [-0.2, -0.15) is 0 Å². The van der Waals surface area contributed by atoms with Gasteiger partial charge in [0.25, 0.3) is 5.91 Å². The lowest BCUT2D eigenvalue weighted by Gasteiger charge is -2.36. The number of benzene rings is 1. The van der Waals surface area contributed by atoms with Crippen LogP contribution in [0, 0.1) is 12.3 Å². The normalized spacial score (nSPS) is 21.1. The second kappa shape index (κ2) is 6.72. The highest BCUT2D eigenvalue weighted by atomic mass is 16.6. The fraction of sp³-hybridized carbons (Fsp3) is 0.429. The summed E-state index contributed by atoms with van der Waals surface area (Å²) in [6, 6.07) is 7.92. The molecule has 0 bridgehead atoms. The van der Waals surface area contributed by atoms with E-state index >= 15 is 0 Å². The second-order valence-corrected chi connectivity index (χ2v) is 7.96. The van der Waals surface area contributed by atoms with Crippen LogP contribution >= 0.6 is 0 Å². The van der Waals surface area contributed by atoms with E-state index in [0.29, 0.717) is 44.6 Å². The van der Waals surface area contributed by atoms with E-state index in [1.807, 2.05) is 28.8 Å². The maximum atomic E-state index is 12.7. The Bertz CT molecular complexity index is 1080. The van der Waals surface area contributed by atoms with Crippen LogP contribution in [0.4, 0.5) is 0 Å². The van der Waals surface area contributed by atoms with Crippen molar-refractivity contribution in [2.75, 3.05) is 13.1 Å². The van der Waals surface area contributed by atoms with Gasteiger partial charge in [-0.1, -0.05) is 12.1 Å². The Hall–Kier alpha value is -3.16. The van der Waals surface area contributed by atoms with E-state index in [4.69, 9.17) is 9.15 Å². The zero-order valence-corrected chi connectivity index (χ0v) is 16.2. The van der Waals surface area contributed by atoms with Gasteiger partial charge in [-0.25, -0.2) is 9.97 Å². The summed E-state index contributed by atoms with van der Waals surface area (Å²) in [6.45, 7) is 3.36. The molecule has 1 amide bonds.